The fourth-order valence-electron chi connectivity index (χ4n) is 1.82. The van der Waals surface area contributed by atoms with E-state index in [9.17, 15) is 13.6 Å². The van der Waals surface area contributed by atoms with Gasteiger partial charge in [0.05, 0.1) is 18.3 Å². The van der Waals surface area contributed by atoms with Crippen molar-refractivity contribution in [2.24, 2.45) is 5.10 Å². The molecule has 128 valence electrons. The van der Waals surface area contributed by atoms with E-state index in [2.05, 4.69) is 25.2 Å². The van der Waals surface area contributed by atoms with Gasteiger partial charge in [-0.05, 0) is 24.6 Å². The van der Waals surface area contributed by atoms with Gasteiger partial charge in [-0.1, -0.05) is 11.6 Å². The van der Waals surface area contributed by atoms with E-state index in [0.29, 0.717) is 11.3 Å². The summed E-state index contributed by atoms with van der Waals surface area (Å²) < 4.78 is 34.0. The van der Waals surface area contributed by atoms with Crippen molar-refractivity contribution in [3.05, 3.63) is 44.8 Å². The van der Waals surface area contributed by atoms with Gasteiger partial charge in [-0.15, -0.1) is 0 Å². The van der Waals surface area contributed by atoms with Crippen molar-refractivity contribution in [3.63, 3.8) is 0 Å². The number of aromatic amines is 1. The van der Waals surface area contributed by atoms with Gasteiger partial charge in [0, 0.05) is 11.8 Å². The molecular formula is C14H13ClF2N4O3. The number of hydrogen-bond donors (Lipinski definition) is 2. The largest absolute Gasteiger partial charge is 0.493 e. The molecule has 0 radical (unpaired) electrons. The molecule has 0 aliphatic carbocycles. The lowest BCUT2D eigenvalue weighted by atomic mass is 10.2. The van der Waals surface area contributed by atoms with Crippen molar-refractivity contribution in [1.29, 1.82) is 0 Å². The molecule has 0 unspecified atom stereocenters. The van der Waals surface area contributed by atoms with E-state index < -0.39 is 6.61 Å². The third kappa shape index (κ3) is 4.66. The molecule has 1 aromatic carbocycles. The Kier molecular flexibility index (Phi) is 5.69. The number of alkyl halides is 2. The molecule has 0 aliphatic heterocycles. The number of methoxy groups -OCH3 is 1. The SMILES string of the molecule is COc1cc(/C=N\Nc2nc(C)cc(=O)[nH]2)cc(Cl)c1OC(F)F. The monoisotopic (exact) mass is 358 g/mol. The molecule has 0 aliphatic rings. The van der Waals surface area contributed by atoms with Gasteiger partial charge in [0.15, 0.2) is 11.5 Å². The predicted octanol–water partition coefficient (Wildman–Crippen LogP) is 2.79. The van der Waals surface area contributed by atoms with Crippen molar-refractivity contribution in [2.45, 2.75) is 13.5 Å². The quantitative estimate of drug-likeness (QED) is 0.612. The number of anilines is 1. The Hall–Kier alpha value is -2.68. The van der Waals surface area contributed by atoms with Gasteiger partial charge in [-0.25, -0.2) is 10.4 Å². The van der Waals surface area contributed by atoms with Crippen molar-refractivity contribution < 1.29 is 18.3 Å². The van der Waals surface area contributed by atoms with Crippen LogP contribution in [0, 0.1) is 6.92 Å². The first-order valence-electron chi connectivity index (χ1n) is 6.58. The first kappa shape index (κ1) is 17.7. The molecule has 10 heteroatoms. The highest BCUT2D eigenvalue weighted by molar-refractivity contribution is 6.32. The maximum absolute atomic E-state index is 12.4. The van der Waals surface area contributed by atoms with E-state index in [4.69, 9.17) is 16.3 Å². The number of ether oxygens (including phenoxy) is 2. The average Bonchev–Trinajstić information content (AvgIpc) is 2.48. The van der Waals surface area contributed by atoms with Gasteiger partial charge in [-0.3, -0.25) is 9.78 Å². The summed E-state index contributed by atoms with van der Waals surface area (Å²) in [6.07, 6.45) is 1.35. The number of H-pyrrole nitrogens is 1. The molecule has 2 N–H and O–H groups in total. The number of halogens is 3. The van der Waals surface area contributed by atoms with Crippen LogP contribution in [0.4, 0.5) is 14.7 Å². The Balaban J connectivity index is 2.20. The summed E-state index contributed by atoms with van der Waals surface area (Å²) >= 11 is 5.91. The minimum atomic E-state index is -3.03. The Bertz CT molecular complexity index is 811. The highest BCUT2D eigenvalue weighted by atomic mass is 35.5. The van der Waals surface area contributed by atoms with Crippen LogP contribution in [0.25, 0.3) is 0 Å². The van der Waals surface area contributed by atoms with E-state index in [1.165, 1.54) is 31.5 Å². The molecule has 1 heterocycles. The lowest BCUT2D eigenvalue weighted by Crippen LogP contribution is -2.10. The number of nitrogens with one attached hydrogen (secondary N) is 2. The van der Waals surface area contributed by atoms with Crippen LogP contribution in [0.2, 0.25) is 5.02 Å². The van der Waals surface area contributed by atoms with Crippen LogP contribution in [-0.4, -0.2) is 29.9 Å². The van der Waals surface area contributed by atoms with Crippen molar-refractivity contribution >= 4 is 23.8 Å². The number of hydrazone groups is 1. The Morgan fingerprint density at radius 2 is 2.17 bits per heavy atom. The smallest absolute Gasteiger partial charge is 0.387 e. The molecule has 7 nitrogen and oxygen atoms in total. The van der Waals surface area contributed by atoms with Gasteiger partial charge in [0.2, 0.25) is 5.95 Å². The zero-order valence-electron chi connectivity index (χ0n) is 12.6. The van der Waals surface area contributed by atoms with E-state index in [0.717, 1.165) is 0 Å². The van der Waals surface area contributed by atoms with Gasteiger partial charge < -0.3 is 9.47 Å². The van der Waals surface area contributed by atoms with Crippen LogP contribution in [0.3, 0.4) is 0 Å². The van der Waals surface area contributed by atoms with Gasteiger partial charge in [-0.2, -0.15) is 13.9 Å². The summed E-state index contributed by atoms with van der Waals surface area (Å²) in [6.45, 7) is -1.36. The fraction of sp³-hybridized carbons (Fsp3) is 0.214. The first-order chi connectivity index (χ1) is 11.4. The van der Waals surface area contributed by atoms with Crippen LogP contribution in [0.15, 0.2) is 28.1 Å². The van der Waals surface area contributed by atoms with Crippen LogP contribution >= 0.6 is 11.6 Å². The van der Waals surface area contributed by atoms with Crippen LogP contribution in [0.5, 0.6) is 11.5 Å². The average molecular weight is 359 g/mol. The maximum Gasteiger partial charge on any atom is 0.387 e. The zero-order chi connectivity index (χ0) is 17.7. The van der Waals surface area contributed by atoms with Gasteiger partial charge in [0.1, 0.15) is 0 Å². The third-order valence-corrected chi connectivity index (χ3v) is 2.99. The molecular weight excluding hydrogens is 346 g/mol. The summed E-state index contributed by atoms with van der Waals surface area (Å²) in [5.74, 6) is -0.0674. The van der Waals surface area contributed by atoms with Crippen molar-refractivity contribution in [3.8, 4) is 11.5 Å². The second-order valence-corrected chi connectivity index (χ2v) is 4.93. The summed E-state index contributed by atoms with van der Waals surface area (Å²) in [7, 11) is 1.30. The molecule has 0 bridgehead atoms. The van der Waals surface area contributed by atoms with Crippen molar-refractivity contribution in [1.82, 2.24) is 9.97 Å². The van der Waals surface area contributed by atoms with Crippen LogP contribution in [-0.2, 0) is 0 Å². The van der Waals surface area contributed by atoms with E-state index in [-0.39, 0.29) is 28.0 Å². The Morgan fingerprint density at radius 1 is 1.42 bits per heavy atom. The summed E-state index contributed by atoms with van der Waals surface area (Å²) in [6, 6.07) is 4.13. The Labute approximate surface area is 140 Å². The van der Waals surface area contributed by atoms with E-state index in [1.54, 1.807) is 6.92 Å². The topological polar surface area (TPSA) is 88.6 Å². The fourth-order valence-corrected chi connectivity index (χ4v) is 2.08. The lowest BCUT2D eigenvalue weighted by Gasteiger charge is -2.12. The van der Waals surface area contributed by atoms with E-state index in [1.807, 2.05) is 0 Å². The van der Waals surface area contributed by atoms with E-state index >= 15 is 0 Å². The molecule has 0 amide bonds. The molecule has 0 atom stereocenters. The lowest BCUT2D eigenvalue weighted by molar-refractivity contribution is -0.0511. The third-order valence-electron chi connectivity index (χ3n) is 2.71. The molecule has 0 fully saturated rings. The summed E-state index contributed by atoms with van der Waals surface area (Å²) in [5.41, 5.74) is 3.21. The zero-order valence-corrected chi connectivity index (χ0v) is 13.4. The molecule has 0 spiro atoms. The second kappa shape index (κ2) is 7.73. The minimum Gasteiger partial charge on any atom is -0.493 e. The predicted molar refractivity (Wildman–Crippen MR) is 85.4 cm³/mol. The van der Waals surface area contributed by atoms with Crippen LogP contribution in [0.1, 0.15) is 11.3 Å². The normalized spacial score (nSPS) is 11.1. The summed E-state index contributed by atoms with van der Waals surface area (Å²) in [4.78, 5) is 17.8. The number of aryl methyl sites for hydroxylation is 1. The highest BCUT2D eigenvalue weighted by Gasteiger charge is 2.15. The molecule has 0 saturated heterocycles. The number of aromatic nitrogens is 2. The van der Waals surface area contributed by atoms with Gasteiger partial charge >= 0.3 is 6.61 Å². The molecule has 0 saturated carbocycles. The second-order valence-electron chi connectivity index (χ2n) is 4.52. The Morgan fingerprint density at radius 3 is 2.79 bits per heavy atom. The van der Waals surface area contributed by atoms with Crippen LogP contribution < -0.4 is 20.5 Å². The number of hydrogen-bond acceptors (Lipinski definition) is 6. The maximum atomic E-state index is 12.4. The first-order valence-corrected chi connectivity index (χ1v) is 6.96. The standard InChI is InChI=1S/C14H13ClF2N4O3/c1-7-3-11(22)20-14(19-7)21-18-6-8-4-9(15)12(24-13(16)17)10(5-8)23-2/h3-6,13H,1-2H3,(H2,19,20,21,22)/b18-6-. The molecule has 24 heavy (non-hydrogen) atoms. The summed E-state index contributed by atoms with van der Waals surface area (Å²) in [5, 5.41) is 3.83. The minimum absolute atomic E-state index is 0.0336. The molecule has 1 aromatic heterocycles. The molecule has 2 rings (SSSR count). The number of rotatable bonds is 6. The highest BCUT2D eigenvalue weighted by Crippen LogP contribution is 2.37. The molecule has 2 aromatic rings. The van der Waals surface area contributed by atoms with Crippen molar-refractivity contribution in [2.75, 3.05) is 12.5 Å². The van der Waals surface area contributed by atoms with Gasteiger partial charge in [0.25, 0.3) is 5.56 Å². The number of nitrogens with zero attached hydrogens (tertiary/aromatic N) is 2. The number of benzene rings is 1.